The van der Waals surface area contributed by atoms with Crippen molar-refractivity contribution in [1.82, 2.24) is 14.9 Å². The Labute approximate surface area is 150 Å². The Morgan fingerprint density at radius 3 is 3.04 bits per heavy atom. The largest absolute Gasteiger partial charge is 0.348 e. The van der Waals surface area contributed by atoms with E-state index in [4.69, 9.17) is 5.26 Å². The van der Waals surface area contributed by atoms with E-state index in [1.165, 1.54) is 0 Å². The molecule has 0 spiro atoms. The monoisotopic (exact) mass is 350 g/mol. The predicted molar refractivity (Wildman–Crippen MR) is 99.9 cm³/mol. The molecule has 1 N–H and O–H groups in total. The van der Waals surface area contributed by atoms with Crippen molar-refractivity contribution in [3.63, 3.8) is 0 Å². The lowest BCUT2D eigenvalue weighted by Crippen LogP contribution is -2.19. The Hall–Kier alpha value is -2.91. The van der Waals surface area contributed by atoms with Crippen molar-refractivity contribution in [2.75, 3.05) is 0 Å². The molecule has 2 heterocycles. The van der Waals surface area contributed by atoms with Gasteiger partial charge in [-0.15, -0.1) is 11.3 Å². The van der Waals surface area contributed by atoms with Gasteiger partial charge in [0.1, 0.15) is 0 Å². The highest BCUT2D eigenvalue weighted by Crippen LogP contribution is 2.22. The number of rotatable bonds is 6. The van der Waals surface area contributed by atoms with Crippen LogP contribution in [0.25, 0.3) is 17.0 Å². The van der Waals surface area contributed by atoms with Crippen LogP contribution in [0.3, 0.4) is 0 Å². The molecular weight excluding hydrogens is 332 g/mol. The minimum Gasteiger partial charge on any atom is -0.348 e. The number of para-hydroxylation sites is 1. The molecule has 2 aromatic heterocycles. The fourth-order valence-electron chi connectivity index (χ4n) is 2.65. The lowest BCUT2D eigenvalue weighted by Gasteiger charge is -2.00. The highest BCUT2D eigenvalue weighted by Gasteiger charge is 2.06. The van der Waals surface area contributed by atoms with E-state index in [9.17, 15) is 4.79 Å². The predicted octanol–water partition coefficient (Wildman–Crippen LogP) is 3.65. The average molecular weight is 350 g/mol. The summed E-state index contributed by atoms with van der Waals surface area (Å²) in [6.45, 7) is 3.07. The number of carbonyl (C=O) groups excluding carboxylic acids is 1. The Balaban J connectivity index is 1.72. The second-order valence-corrected chi connectivity index (χ2v) is 6.92. The second-order valence-electron chi connectivity index (χ2n) is 5.60. The van der Waals surface area contributed by atoms with E-state index >= 15 is 0 Å². The normalized spacial score (nSPS) is 11.0. The number of benzene rings is 1. The first-order chi connectivity index (χ1) is 12.2. The number of aromatic nitrogens is 2. The van der Waals surface area contributed by atoms with Gasteiger partial charge in [0.05, 0.1) is 24.0 Å². The third-order valence-electron chi connectivity index (χ3n) is 3.80. The summed E-state index contributed by atoms with van der Waals surface area (Å²) in [6, 6.07) is 10.2. The molecule has 25 heavy (non-hydrogen) atoms. The van der Waals surface area contributed by atoms with Crippen LogP contribution in [0, 0.1) is 18.3 Å². The van der Waals surface area contributed by atoms with Crippen molar-refractivity contribution >= 4 is 34.2 Å². The molecule has 3 aromatic rings. The molecule has 0 fully saturated rings. The summed E-state index contributed by atoms with van der Waals surface area (Å²) >= 11 is 1.58. The van der Waals surface area contributed by atoms with Crippen LogP contribution < -0.4 is 5.32 Å². The maximum atomic E-state index is 12.0. The number of nitriles is 1. The van der Waals surface area contributed by atoms with Gasteiger partial charge >= 0.3 is 0 Å². The van der Waals surface area contributed by atoms with E-state index in [0.29, 0.717) is 19.5 Å². The Kier molecular flexibility index (Phi) is 5.26. The van der Waals surface area contributed by atoms with Crippen LogP contribution in [0.1, 0.15) is 21.9 Å². The number of nitrogens with zero attached hydrogens (tertiary/aromatic N) is 3. The van der Waals surface area contributed by atoms with Gasteiger partial charge in [-0.3, -0.25) is 4.79 Å². The number of hydrogen-bond acceptors (Lipinski definition) is 4. The quantitative estimate of drug-likeness (QED) is 0.690. The first-order valence-corrected chi connectivity index (χ1v) is 8.81. The maximum Gasteiger partial charge on any atom is 0.244 e. The van der Waals surface area contributed by atoms with Crippen LogP contribution in [0.15, 0.2) is 42.7 Å². The SMILES string of the molecule is Cc1ncc(CNC(=O)C=Cc2cn(CCC#N)c3ccccc23)s1. The topological polar surface area (TPSA) is 70.7 Å². The zero-order valence-electron chi connectivity index (χ0n) is 13.9. The number of thiazole rings is 1. The van der Waals surface area contributed by atoms with Gasteiger partial charge in [0.15, 0.2) is 0 Å². The van der Waals surface area contributed by atoms with E-state index in [1.807, 2.05) is 43.5 Å². The van der Waals surface area contributed by atoms with Crippen molar-refractivity contribution in [2.45, 2.75) is 26.4 Å². The van der Waals surface area contributed by atoms with Gasteiger partial charge in [-0.2, -0.15) is 5.26 Å². The van der Waals surface area contributed by atoms with Crippen LogP contribution in [0.4, 0.5) is 0 Å². The van der Waals surface area contributed by atoms with Crippen molar-refractivity contribution in [2.24, 2.45) is 0 Å². The fourth-order valence-corrected chi connectivity index (χ4v) is 3.38. The molecule has 5 nitrogen and oxygen atoms in total. The molecule has 0 saturated carbocycles. The van der Waals surface area contributed by atoms with Gasteiger partial charge in [-0.1, -0.05) is 18.2 Å². The summed E-state index contributed by atoms with van der Waals surface area (Å²) in [5.74, 6) is -0.139. The third-order valence-corrected chi connectivity index (χ3v) is 4.72. The van der Waals surface area contributed by atoms with Crippen LogP contribution in [-0.2, 0) is 17.9 Å². The summed E-state index contributed by atoms with van der Waals surface area (Å²) in [7, 11) is 0. The zero-order valence-corrected chi connectivity index (χ0v) is 14.7. The number of fused-ring (bicyclic) bond motifs is 1. The van der Waals surface area contributed by atoms with Crippen molar-refractivity contribution in [3.8, 4) is 6.07 Å². The van der Waals surface area contributed by atoms with Gasteiger partial charge in [0.2, 0.25) is 5.91 Å². The molecule has 1 amide bonds. The molecule has 0 aliphatic carbocycles. The summed E-state index contributed by atoms with van der Waals surface area (Å²) in [5.41, 5.74) is 2.04. The molecule has 3 rings (SSSR count). The summed E-state index contributed by atoms with van der Waals surface area (Å²) in [5, 5.41) is 13.7. The van der Waals surface area contributed by atoms with Gasteiger partial charge in [-0.25, -0.2) is 4.98 Å². The molecule has 0 saturated heterocycles. The molecule has 0 unspecified atom stereocenters. The fraction of sp³-hybridized carbons (Fsp3) is 0.211. The zero-order chi connectivity index (χ0) is 17.6. The number of nitrogens with one attached hydrogen (secondary N) is 1. The van der Waals surface area contributed by atoms with Crippen LogP contribution >= 0.6 is 11.3 Å². The number of carbonyl (C=O) groups is 1. The van der Waals surface area contributed by atoms with E-state index < -0.39 is 0 Å². The Bertz CT molecular complexity index is 961. The molecule has 6 heteroatoms. The lowest BCUT2D eigenvalue weighted by molar-refractivity contribution is -0.116. The first-order valence-electron chi connectivity index (χ1n) is 7.99. The minimum absolute atomic E-state index is 0.139. The number of aryl methyl sites for hydroxylation is 2. The van der Waals surface area contributed by atoms with E-state index in [0.717, 1.165) is 26.4 Å². The molecule has 0 atom stereocenters. The van der Waals surface area contributed by atoms with E-state index in [1.54, 1.807) is 23.6 Å². The average Bonchev–Trinajstić information content (AvgIpc) is 3.20. The number of hydrogen-bond donors (Lipinski definition) is 1. The summed E-state index contributed by atoms with van der Waals surface area (Å²) < 4.78 is 2.05. The molecule has 0 aliphatic heterocycles. The molecule has 0 bridgehead atoms. The third kappa shape index (κ3) is 4.14. The highest BCUT2D eigenvalue weighted by molar-refractivity contribution is 7.11. The van der Waals surface area contributed by atoms with Crippen molar-refractivity contribution < 1.29 is 4.79 Å². The van der Waals surface area contributed by atoms with Crippen molar-refractivity contribution in [3.05, 3.63) is 58.2 Å². The van der Waals surface area contributed by atoms with Crippen LogP contribution in [0.2, 0.25) is 0 Å². The number of amides is 1. The van der Waals surface area contributed by atoms with Gasteiger partial charge in [-0.05, 0) is 19.1 Å². The standard InChI is InChI=1S/C19H18N4OS/c1-14-21-11-16(25-14)12-22-19(24)8-7-15-13-23(10-4-9-20)18-6-3-2-5-17(15)18/h2-3,5-8,11,13H,4,10,12H2,1H3,(H,22,24). The van der Waals surface area contributed by atoms with Gasteiger partial charge in [0.25, 0.3) is 0 Å². The Morgan fingerprint density at radius 2 is 2.28 bits per heavy atom. The van der Waals surface area contributed by atoms with Gasteiger partial charge in [0, 0.05) is 46.4 Å². The van der Waals surface area contributed by atoms with Crippen molar-refractivity contribution in [1.29, 1.82) is 5.26 Å². The minimum atomic E-state index is -0.139. The Morgan fingerprint density at radius 1 is 1.44 bits per heavy atom. The van der Waals surface area contributed by atoms with E-state index in [2.05, 4.69) is 20.9 Å². The molecule has 1 aromatic carbocycles. The molecular formula is C19H18N4OS. The molecule has 126 valence electrons. The maximum absolute atomic E-state index is 12.0. The second kappa shape index (κ2) is 7.77. The smallest absolute Gasteiger partial charge is 0.244 e. The van der Waals surface area contributed by atoms with Gasteiger partial charge < -0.3 is 9.88 Å². The van der Waals surface area contributed by atoms with E-state index in [-0.39, 0.29) is 5.91 Å². The summed E-state index contributed by atoms with van der Waals surface area (Å²) in [6.07, 6.45) is 7.59. The molecule has 0 aliphatic rings. The van der Waals surface area contributed by atoms with Crippen LogP contribution in [-0.4, -0.2) is 15.5 Å². The first kappa shape index (κ1) is 16.9. The van der Waals surface area contributed by atoms with Crippen LogP contribution in [0.5, 0.6) is 0 Å². The molecule has 0 radical (unpaired) electrons. The lowest BCUT2D eigenvalue weighted by atomic mass is 10.1. The highest BCUT2D eigenvalue weighted by atomic mass is 32.1. The summed E-state index contributed by atoms with van der Waals surface area (Å²) in [4.78, 5) is 17.3.